The minimum Gasteiger partial charge on any atom is -0.493 e. The van der Waals surface area contributed by atoms with E-state index in [1.165, 1.54) is 6.07 Å². The van der Waals surface area contributed by atoms with Crippen molar-refractivity contribution in [1.82, 2.24) is 4.90 Å². The number of carbonyl (C=O) groups is 1. The lowest BCUT2D eigenvalue weighted by atomic mass is 9.86. The normalized spacial score (nSPS) is 16.3. The standard InChI is InChI=1S/C28H30F2N2O4/c1-34-24-16-20-14-15-32(26(27(31)33)19-9-4-3-5-10-19)22(21(20)17-25(24)35-2)13-12-18-8-6-7-11-23(18)36-28(29)30/h3-11,16-17,22,26,28H,12-15H2,1-2H3,(H2,31,33)/t22-,26+/m0/s1. The predicted octanol–water partition coefficient (Wildman–Crippen LogP) is 5.06. The molecule has 0 radical (unpaired) electrons. The van der Waals surface area contributed by atoms with E-state index >= 15 is 0 Å². The molecule has 0 unspecified atom stereocenters. The fourth-order valence-electron chi connectivity index (χ4n) is 5.05. The number of methoxy groups -OCH3 is 2. The molecule has 0 bridgehead atoms. The van der Waals surface area contributed by atoms with Gasteiger partial charge in [0.2, 0.25) is 5.91 Å². The average Bonchev–Trinajstić information content (AvgIpc) is 2.88. The summed E-state index contributed by atoms with van der Waals surface area (Å²) in [5, 5.41) is 0. The number of aryl methyl sites for hydroxylation is 1. The van der Waals surface area contributed by atoms with Crippen LogP contribution in [0.25, 0.3) is 0 Å². The lowest BCUT2D eigenvalue weighted by Gasteiger charge is -2.41. The lowest BCUT2D eigenvalue weighted by Crippen LogP contribution is -2.44. The van der Waals surface area contributed by atoms with Crippen LogP contribution in [-0.4, -0.2) is 38.2 Å². The maximum atomic E-state index is 13.0. The molecule has 4 rings (SSSR count). The van der Waals surface area contributed by atoms with Crippen molar-refractivity contribution in [2.24, 2.45) is 5.73 Å². The van der Waals surface area contributed by atoms with Gasteiger partial charge in [0.15, 0.2) is 11.5 Å². The topological polar surface area (TPSA) is 74.0 Å². The van der Waals surface area contributed by atoms with Crippen LogP contribution in [-0.2, 0) is 17.6 Å². The lowest BCUT2D eigenvalue weighted by molar-refractivity contribution is -0.124. The third-order valence-electron chi connectivity index (χ3n) is 6.64. The SMILES string of the molecule is COc1cc2c(cc1OC)[C@H](CCc1ccccc1OC(F)F)N([C@@H](C(N)=O)c1ccccc1)CC2. The van der Waals surface area contributed by atoms with E-state index < -0.39 is 18.6 Å². The first-order chi connectivity index (χ1) is 17.4. The van der Waals surface area contributed by atoms with Crippen LogP contribution in [0.5, 0.6) is 17.2 Å². The first kappa shape index (κ1) is 25.4. The van der Waals surface area contributed by atoms with Crippen molar-refractivity contribution >= 4 is 5.91 Å². The summed E-state index contributed by atoms with van der Waals surface area (Å²) in [6, 6.07) is 19.2. The van der Waals surface area contributed by atoms with E-state index in [1.807, 2.05) is 42.5 Å². The van der Waals surface area contributed by atoms with Gasteiger partial charge in [-0.3, -0.25) is 9.69 Å². The molecule has 190 valence electrons. The first-order valence-corrected chi connectivity index (χ1v) is 11.8. The predicted molar refractivity (Wildman–Crippen MR) is 132 cm³/mol. The Balaban J connectivity index is 1.75. The number of halogens is 2. The quantitative estimate of drug-likeness (QED) is 0.425. The second-order valence-corrected chi connectivity index (χ2v) is 8.65. The van der Waals surface area contributed by atoms with Crippen LogP contribution < -0.4 is 19.9 Å². The number of carbonyl (C=O) groups excluding carboxylic acids is 1. The van der Waals surface area contributed by atoms with Crippen LogP contribution in [0.2, 0.25) is 0 Å². The van der Waals surface area contributed by atoms with Crippen molar-refractivity contribution < 1.29 is 27.8 Å². The molecule has 3 aromatic rings. The fourth-order valence-corrected chi connectivity index (χ4v) is 5.05. The van der Waals surface area contributed by atoms with Gasteiger partial charge < -0.3 is 19.9 Å². The number of benzene rings is 3. The number of hydrogen-bond acceptors (Lipinski definition) is 5. The van der Waals surface area contributed by atoms with Gasteiger partial charge in [-0.25, -0.2) is 0 Å². The molecule has 3 aromatic carbocycles. The molecule has 1 amide bonds. The van der Waals surface area contributed by atoms with E-state index in [2.05, 4.69) is 4.90 Å². The Morgan fingerprint density at radius 3 is 2.33 bits per heavy atom. The molecule has 1 aliphatic heterocycles. The molecule has 0 aliphatic carbocycles. The van der Waals surface area contributed by atoms with E-state index in [1.54, 1.807) is 32.4 Å². The van der Waals surface area contributed by atoms with Gasteiger partial charge in [-0.1, -0.05) is 48.5 Å². The highest BCUT2D eigenvalue weighted by atomic mass is 19.3. The molecular weight excluding hydrogens is 466 g/mol. The monoisotopic (exact) mass is 496 g/mol. The minimum absolute atomic E-state index is 0.150. The molecule has 0 saturated carbocycles. The van der Waals surface area contributed by atoms with Gasteiger partial charge in [0.1, 0.15) is 11.8 Å². The maximum Gasteiger partial charge on any atom is 0.387 e. The van der Waals surface area contributed by atoms with Crippen molar-refractivity contribution in [2.75, 3.05) is 20.8 Å². The van der Waals surface area contributed by atoms with E-state index in [-0.39, 0.29) is 11.8 Å². The van der Waals surface area contributed by atoms with Crippen LogP contribution in [0, 0.1) is 0 Å². The fraction of sp³-hybridized carbons (Fsp3) is 0.321. The Kier molecular flexibility index (Phi) is 8.05. The van der Waals surface area contributed by atoms with Crippen LogP contribution >= 0.6 is 0 Å². The maximum absolute atomic E-state index is 13.0. The third kappa shape index (κ3) is 5.44. The molecule has 0 spiro atoms. The number of alkyl halides is 2. The summed E-state index contributed by atoms with van der Waals surface area (Å²) in [5.74, 6) is 0.918. The van der Waals surface area contributed by atoms with Crippen LogP contribution in [0.4, 0.5) is 8.78 Å². The number of primary amides is 1. The van der Waals surface area contributed by atoms with Gasteiger partial charge in [0.25, 0.3) is 0 Å². The number of fused-ring (bicyclic) bond motifs is 1. The van der Waals surface area contributed by atoms with Crippen LogP contribution in [0.3, 0.4) is 0 Å². The van der Waals surface area contributed by atoms with Crippen LogP contribution in [0.15, 0.2) is 66.7 Å². The van der Waals surface area contributed by atoms with E-state index in [0.29, 0.717) is 42.9 Å². The molecule has 0 aromatic heterocycles. The molecule has 1 aliphatic rings. The van der Waals surface area contributed by atoms with E-state index in [0.717, 1.165) is 16.7 Å². The summed E-state index contributed by atoms with van der Waals surface area (Å²) < 4.78 is 41.8. The second kappa shape index (κ2) is 11.4. The summed E-state index contributed by atoms with van der Waals surface area (Å²) in [6.45, 7) is -2.32. The molecule has 1 heterocycles. The molecule has 2 atom stereocenters. The van der Waals surface area contributed by atoms with Crippen molar-refractivity contribution in [1.29, 1.82) is 0 Å². The van der Waals surface area contributed by atoms with Gasteiger partial charge >= 0.3 is 6.61 Å². The zero-order valence-electron chi connectivity index (χ0n) is 20.3. The smallest absolute Gasteiger partial charge is 0.387 e. The third-order valence-corrected chi connectivity index (χ3v) is 6.64. The Morgan fingerprint density at radius 1 is 1.00 bits per heavy atom. The number of nitrogens with two attached hydrogens (primary N) is 1. The molecular formula is C28H30F2N2O4. The summed E-state index contributed by atoms with van der Waals surface area (Å²) in [4.78, 5) is 14.9. The first-order valence-electron chi connectivity index (χ1n) is 11.8. The Bertz CT molecular complexity index is 1190. The molecule has 2 N–H and O–H groups in total. The zero-order valence-corrected chi connectivity index (χ0v) is 20.3. The highest BCUT2D eigenvalue weighted by molar-refractivity contribution is 5.81. The molecule has 6 nitrogen and oxygen atoms in total. The van der Waals surface area contributed by atoms with Crippen molar-refractivity contribution in [3.05, 3.63) is 89.0 Å². The summed E-state index contributed by atoms with van der Waals surface area (Å²) in [6.07, 6.45) is 1.69. The summed E-state index contributed by atoms with van der Waals surface area (Å²) in [7, 11) is 3.17. The second-order valence-electron chi connectivity index (χ2n) is 8.65. The zero-order chi connectivity index (χ0) is 25.7. The van der Waals surface area contributed by atoms with Crippen molar-refractivity contribution in [2.45, 2.75) is 38.0 Å². The Morgan fingerprint density at radius 2 is 1.67 bits per heavy atom. The van der Waals surface area contributed by atoms with Gasteiger partial charge in [-0.2, -0.15) is 8.78 Å². The van der Waals surface area contributed by atoms with Crippen molar-refractivity contribution in [3.63, 3.8) is 0 Å². The van der Waals surface area contributed by atoms with Crippen LogP contribution in [0.1, 0.15) is 40.8 Å². The molecule has 0 saturated heterocycles. The van der Waals surface area contributed by atoms with E-state index in [9.17, 15) is 13.6 Å². The highest BCUT2D eigenvalue weighted by Gasteiger charge is 2.36. The highest BCUT2D eigenvalue weighted by Crippen LogP contribution is 2.43. The molecule has 8 heteroatoms. The number of para-hydroxylation sites is 1. The van der Waals surface area contributed by atoms with E-state index in [4.69, 9.17) is 19.9 Å². The number of ether oxygens (including phenoxy) is 3. The average molecular weight is 497 g/mol. The van der Waals surface area contributed by atoms with Gasteiger partial charge in [0.05, 0.1) is 14.2 Å². The number of rotatable bonds is 10. The number of hydrogen-bond donors (Lipinski definition) is 1. The molecule has 36 heavy (non-hydrogen) atoms. The number of amides is 1. The van der Waals surface area contributed by atoms with Gasteiger partial charge in [-0.15, -0.1) is 0 Å². The van der Waals surface area contributed by atoms with Crippen molar-refractivity contribution in [3.8, 4) is 17.2 Å². The van der Waals surface area contributed by atoms with Gasteiger partial charge in [-0.05, 0) is 59.7 Å². The summed E-state index contributed by atoms with van der Waals surface area (Å²) >= 11 is 0. The van der Waals surface area contributed by atoms with Gasteiger partial charge in [0, 0.05) is 12.6 Å². The largest absolute Gasteiger partial charge is 0.493 e. The molecule has 0 fully saturated rings. The minimum atomic E-state index is -2.91. The number of nitrogens with zero attached hydrogens (tertiary/aromatic N) is 1. The summed E-state index contributed by atoms with van der Waals surface area (Å²) in [5.41, 5.74) is 9.49. The Labute approximate surface area is 209 Å². The Hall–Kier alpha value is -3.65.